The largest absolute Gasteiger partial charge is 0.383 e. The zero-order valence-electron chi connectivity index (χ0n) is 9.64. The number of hydrogen-bond acceptors (Lipinski definition) is 3. The van der Waals surface area contributed by atoms with Crippen LogP contribution in [0, 0.1) is 0 Å². The number of aliphatic hydroxyl groups is 1. The Morgan fingerprint density at radius 3 is 2.59 bits per heavy atom. The smallest absolute Gasteiger partial charge is 0.255 e. The molecule has 1 aliphatic heterocycles. The van der Waals surface area contributed by atoms with Gasteiger partial charge < -0.3 is 5.11 Å². The highest BCUT2D eigenvalue weighted by atomic mass is 16.3. The Labute approximate surface area is 99.6 Å². The van der Waals surface area contributed by atoms with Crippen LogP contribution >= 0.6 is 0 Å². The number of imide groups is 1. The maximum atomic E-state index is 12.1. The van der Waals surface area contributed by atoms with Gasteiger partial charge in [-0.1, -0.05) is 37.3 Å². The molecule has 4 heteroatoms. The van der Waals surface area contributed by atoms with Crippen LogP contribution in [-0.2, 0) is 15.0 Å². The Morgan fingerprint density at radius 1 is 1.35 bits per heavy atom. The molecule has 17 heavy (non-hydrogen) atoms. The highest BCUT2D eigenvalue weighted by Crippen LogP contribution is 2.35. The van der Waals surface area contributed by atoms with Crippen LogP contribution in [0.15, 0.2) is 30.3 Å². The molecule has 0 spiro atoms. The van der Waals surface area contributed by atoms with E-state index in [0.29, 0.717) is 6.42 Å². The molecule has 1 aromatic carbocycles. The summed E-state index contributed by atoms with van der Waals surface area (Å²) < 4.78 is 0. The summed E-state index contributed by atoms with van der Waals surface area (Å²) in [5, 5.41) is 11.9. The second kappa shape index (κ2) is 4.30. The van der Waals surface area contributed by atoms with Crippen LogP contribution in [0.2, 0.25) is 0 Å². The molecule has 0 aromatic heterocycles. The van der Waals surface area contributed by atoms with E-state index in [4.69, 9.17) is 0 Å². The molecule has 4 nitrogen and oxygen atoms in total. The molecular formula is C13H15NO3. The van der Waals surface area contributed by atoms with Crippen LogP contribution in [0.3, 0.4) is 0 Å². The van der Waals surface area contributed by atoms with E-state index in [9.17, 15) is 14.7 Å². The molecule has 0 unspecified atom stereocenters. The third-order valence-corrected chi connectivity index (χ3v) is 3.45. The summed E-state index contributed by atoms with van der Waals surface area (Å²) in [6.45, 7) is 1.88. The zero-order chi connectivity index (χ0) is 12.5. The highest BCUT2D eigenvalue weighted by molar-refractivity contribution is 6.05. The van der Waals surface area contributed by atoms with Crippen molar-refractivity contribution in [1.82, 2.24) is 5.32 Å². The lowest BCUT2D eigenvalue weighted by Crippen LogP contribution is -2.57. The van der Waals surface area contributed by atoms with Gasteiger partial charge in [0, 0.05) is 6.42 Å². The van der Waals surface area contributed by atoms with Crippen LogP contribution in [0.5, 0.6) is 0 Å². The van der Waals surface area contributed by atoms with Gasteiger partial charge in [0.15, 0.2) is 0 Å². The lowest BCUT2D eigenvalue weighted by Gasteiger charge is -2.37. The Balaban J connectivity index is 2.44. The molecule has 2 amide bonds. The van der Waals surface area contributed by atoms with Gasteiger partial charge in [0.2, 0.25) is 5.91 Å². The first kappa shape index (κ1) is 11.8. The SMILES string of the molecule is CC[C@]1(c2ccccc2)C[C@H](O)C(=O)NC1=O. The zero-order valence-corrected chi connectivity index (χ0v) is 9.64. The van der Waals surface area contributed by atoms with Crippen LogP contribution in [0.25, 0.3) is 0 Å². The van der Waals surface area contributed by atoms with Gasteiger partial charge in [0.05, 0.1) is 5.41 Å². The monoisotopic (exact) mass is 233 g/mol. The number of rotatable bonds is 2. The molecule has 1 aromatic rings. The van der Waals surface area contributed by atoms with E-state index in [1.807, 2.05) is 37.3 Å². The standard InChI is InChI=1S/C13H15NO3/c1-2-13(9-6-4-3-5-7-9)8-10(15)11(16)14-12(13)17/h3-7,10,15H,2,8H2,1H3,(H,14,16,17)/t10-,13+/m0/s1. The molecule has 1 fully saturated rings. The maximum absolute atomic E-state index is 12.1. The molecule has 0 aliphatic carbocycles. The minimum Gasteiger partial charge on any atom is -0.383 e. The molecular weight excluding hydrogens is 218 g/mol. The fraction of sp³-hybridized carbons (Fsp3) is 0.385. The molecule has 0 bridgehead atoms. The van der Waals surface area contributed by atoms with Crippen molar-refractivity contribution in [3.63, 3.8) is 0 Å². The molecule has 1 heterocycles. The van der Waals surface area contributed by atoms with Gasteiger partial charge in [0.1, 0.15) is 6.10 Å². The Hall–Kier alpha value is -1.68. The number of benzene rings is 1. The summed E-state index contributed by atoms with van der Waals surface area (Å²) in [7, 11) is 0. The van der Waals surface area contributed by atoms with Crippen molar-refractivity contribution in [2.75, 3.05) is 0 Å². The number of carbonyl (C=O) groups is 2. The topological polar surface area (TPSA) is 66.4 Å². The van der Waals surface area contributed by atoms with E-state index in [-0.39, 0.29) is 12.3 Å². The minimum atomic E-state index is -1.12. The summed E-state index contributed by atoms with van der Waals surface area (Å²) in [5.74, 6) is -0.920. The summed E-state index contributed by atoms with van der Waals surface area (Å²) in [6.07, 6.45) is -0.418. The summed E-state index contributed by atoms with van der Waals surface area (Å²) in [6, 6.07) is 9.28. The number of amides is 2. The van der Waals surface area contributed by atoms with Gasteiger partial charge in [-0.25, -0.2) is 0 Å². The van der Waals surface area contributed by atoms with Gasteiger partial charge in [0.25, 0.3) is 5.91 Å². The highest BCUT2D eigenvalue weighted by Gasteiger charge is 2.46. The van der Waals surface area contributed by atoms with Crippen molar-refractivity contribution in [2.24, 2.45) is 0 Å². The fourth-order valence-corrected chi connectivity index (χ4v) is 2.35. The lowest BCUT2D eigenvalue weighted by molar-refractivity contribution is -0.145. The van der Waals surface area contributed by atoms with Crippen LogP contribution in [0.1, 0.15) is 25.3 Å². The Kier molecular flexibility index (Phi) is 2.98. The number of nitrogens with one attached hydrogen (secondary N) is 1. The van der Waals surface area contributed by atoms with E-state index in [1.165, 1.54) is 0 Å². The molecule has 1 saturated heterocycles. The first-order valence-corrected chi connectivity index (χ1v) is 5.69. The summed E-state index contributed by atoms with van der Waals surface area (Å²) >= 11 is 0. The van der Waals surface area contributed by atoms with E-state index in [2.05, 4.69) is 5.32 Å². The molecule has 1 aliphatic rings. The minimum absolute atomic E-state index is 0.151. The quantitative estimate of drug-likeness (QED) is 0.740. The third kappa shape index (κ3) is 1.85. The molecule has 2 rings (SSSR count). The van der Waals surface area contributed by atoms with Gasteiger partial charge >= 0.3 is 0 Å². The molecule has 0 saturated carbocycles. The van der Waals surface area contributed by atoms with Gasteiger partial charge in [-0.3, -0.25) is 14.9 Å². The number of hydrogen-bond donors (Lipinski definition) is 2. The molecule has 0 radical (unpaired) electrons. The second-order valence-electron chi connectivity index (χ2n) is 4.34. The molecule has 90 valence electrons. The van der Waals surface area contributed by atoms with Gasteiger partial charge in [-0.05, 0) is 12.0 Å². The van der Waals surface area contributed by atoms with Crippen LogP contribution in [-0.4, -0.2) is 23.0 Å². The van der Waals surface area contributed by atoms with Gasteiger partial charge in [-0.2, -0.15) is 0 Å². The second-order valence-corrected chi connectivity index (χ2v) is 4.34. The number of carbonyl (C=O) groups excluding carboxylic acids is 2. The fourth-order valence-electron chi connectivity index (χ4n) is 2.35. The van der Waals surface area contributed by atoms with E-state index >= 15 is 0 Å². The Morgan fingerprint density at radius 2 is 2.00 bits per heavy atom. The predicted molar refractivity (Wildman–Crippen MR) is 62.2 cm³/mol. The van der Waals surface area contributed by atoms with Crippen molar-refractivity contribution < 1.29 is 14.7 Å². The van der Waals surface area contributed by atoms with Crippen molar-refractivity contribution >= 4 is 11.8 Å². The first-order valence-electron chi connectivity index (χ1n) is 5.69. The number of piperidine rings is 1. The summed E-state index contributed by atoms with van der Waals surface area (Å²) in [5.41, 5.74) is 0.0424. The lowest BCUT2D eigenvalue weighted by atomic mass is 9.71. The first-order chi connectivity index (χ1) is 8.10. The maximum Gasteiger partial charge on any atom is 0.255 e. The normalized spacial score (nSPS) is 28.9. The van der Waals surface area contributed by atoms with Crippen molar-refractivity contribution in [3.8, 4) is 0 Å². The molecule has 2 N–H and O–H groups in total. The van der Waals surface area contributed by atoms with Crippen molar-refractivity contribution in [3.05, 3.63) is 35.9 Å². The van der Waals surface area contributed by atoms with E-state index in [1.54, 1.807) is 0 Å². The van der Waals surface area contributed by atoms with Crippen molar-refractivity contribution in [2.45, 2.75) is 31.3 Å². The van der Waals surface area contributed by atoms with E-state index < -0.39 is 17.4 Å². The average Bonchev–Trinajstić information content (AvgIpc) is 2.35. The van der Waals surface area contributed by atoms with Gasteiger partial charge in [-0.15, -0.1) is 0 Å². The molecule has 2 atom stereocenters. The van der Waals surface area contributed by atoms with E-state index in [0.717, 1.165) is 5.56 Å². The predicted octanol–water partition coefficient (Wildman–Crippen LogP) is 0.742. The van der Waals surface area contributed by atoms with Crippen LogP contribution < -0.4 is 5.32 Å². The van der Waals surface area contributed by atoms with Crippen LogP contribution in [0.4, 0.5) is 0 Å². The number of aliphatic hydroxyl groups excluding tert-OH is 1. The third-order valence-electron chi connectivity index (χ3n) is 3.45. The Bertz CT molecular complexity index is 443. The van der Waals surface area contributed by atoms with Crippen molar-refractivity contribution in [1.29, 1.82) is 0 Å². The summed E-state index contributed by atoms with van der Waals surface area (Å²) in [4.78, 5) is 23.3. The average molecular weight is 233 g/mol.